The Labute approximate surface area is 48.7 Å². The van der Waals surface area contributed by atoms with Crippen LogP contribution in [0.3, 0.4) is 0 Å². The van der Waals surface area contributed by atoms with Crippen molar-refractivity contribution in [1.29, 1.82) is 5.26 Å². The molecule has 4 heavy (non-hydrogen) atoms. The molecule has 0 aliphatic heterocycles. The molecule has 0 aliphatic carbocycles. The van der Waals surface area contributed by atoms with Crippen LogP contribution in [0.25, 0.3) is 0 Å². The van der Waals surface area contributed by atoms with Gasteiger partial charge in [-0.3, -0.25) is 0 Å². The fourth-order valence-electron chi connectivity index (χ4n) is 0. The molecule has 0 atom stereocenters. The van der Waals surface area contributed by atoms with E-state index in [0.717, 1.165) is 0 Å². The Balaban J connectivity index is 0. The van der Waals surface area contributed by atoms with Gasteiger partial charge in [0.15, 0.2) is 0 Å². The summed E-state index contributed by atoms with van der Waals surface area (Å²) in [4.78, 5) is 1.50. The van der Waals surface area contributed by atoms with Crippen molar-refractivity contribution in [2.75, 3.05) is 0 Å². The summed E-state index contributed by atoms with van der Waals surface area (Å²) >= 11 is 2.79. The molecular formula is CAgFeN. The van der Waals surface area contributed by atoms with Gasteiger partial charge < -0.3 is 0 Å². The molecule has 28 valence electrons. The molecule has 0 aromatic heterocycles. The largest absolute Gasteiger partial charge is 0 e. The van der Waals surface area contributed by atoms with Crippen LogP contribution in [0.15, 0.2) is 0 Å². The normalized spacial score (nSPS) is 2.00. The van der Waals surface area contributed by atoms with E-state index in [2.05, 4.69) is 16.0 Å². The smallest absolute Gasteiger partial charge is 0 e. The van der Waals surface area contributed by atoms with Gasteiger partial charge in [-0.15, -0.1) is 0 Å². The second kappa shape index (κ2) is 9.26. The van der Waals surface area contributed by atoms with Crippen LogP contribution in [-0.4, -0.2) is 0 Å². The Morgan fingerprint density at radius 2 is 1.75 bits per heavy atom. The van der Waals surface area contributed by atoms with Crippen LogP contribution in [0.5, 0.6) is 0 Å². The van der Waals surface area contributed by atoms with E-state index in [1.807, 2.05) is 0 Å². The Bertz CT molecular complexity index is 29.5. The minimum atomic E-state index is 0. The molecule has 0 amide bonds. The molecule has 0 heterocycles. The third-order valence-electron chi connectivity index (χ3n) is 0. The molecule has 0 bridgehead atoms. The van der Waals surface area contributed by atoms with Crippen LogP contribution >= 0.6 is 0 Å². The average molecular weight is 190 g/mol. The van der Waals surface area contributed by atoms with Crippen LogP contribution in [0.1, 0.15) is 0 Å². The van der Waals surface area contributed by atoms with Crippen molar-refractivity contribution in [2.24, 2.45) is 0 Å². The zero-order chi connectivity index (χ0) is 2.71. The van der Waals surface area contributed by atoms with E-state index in [1.165, 1.54) is 4.97 Å². The molecule has 1 radical (unpaired) electrons. The van der Waals surface area contributed by atoms with Gasteiger partial charge in [0.25, 0.3) is 0 Å². The zero-order valence-electron chi connectivity index (χ0n) is 1.60. The summed E-state index contributed by atoms with van der Waals surface area (Å²) < 4.78 is 0. The molecule has 0 spiro atoms. The van der Waals surface area contributed by atoms with Crippen molar-refractivity contribution < 1.29 is 38.4 Å². The fraction of sp³-hybridized carbons (Fsp3) is 0. The summed E-state index contributed by atoms with van der Waals surface area (Å²) in [6.07, 6.45) is 0. The van der Waals surface area contributed by atoms with Crippen LogP contribution < -0.4 is 0 Å². The average Bonchev–Trinajstić information content (AvgIpc) is 0.918. The topological polar surface area (TPSA) is 23.8 Å². The summed E-state index contributed by atoms with van der Waals surface area (Å²) in [5.41, 5.74) is 0. The SMILES string of the molecule is N#[C][Fe].[Ag]. The molecule has 0 saturated heterocycles. The van der Waals surface area contributed by atoms with Gasteiger partial charge in [0, 0.05) is 22.4 Å². The van der Waals surface area contributed by atoms with Gasteiger partial charge in [0.1, 0.15) is 0 Å². The van der Waals surface area contributed by atoms with Gasteiger partial charge in [-0.2, -0.15) is 0 Å². The summed E-state index contributed by atoms with van der Waals surface area (Å²) in [6, 6.07) is 0. The molecule has 0 fully saturated rings. The number of hydrogen-bond acceptors (Lipinski definition) is 1. The van der Waals surface area contributed by atoms with Gasteiger partial charge in [0.2, 0.25) is 0 Å². The predicted molar refractivity (Wildman–Crippen MR) is 5.61 cm³/mol. The van der Waals surface area contributed by atoms with E-state index in [4.69, 9.17) is 5.26 Å². The maximum atomic E-state index is 7.21. The Hall–Kier alpha value is 0.750. The second-order valence-corrected chi connectivity index (χ2v) is 0.326. The Morgan fingerprint density at radius 3 is 1.75 bits per heavy atom. The summed E-state index contributed by atoms with van der Waals surface area (Å²) in [6.45, 7) is 0. The van der Waals surface area contributed by atoms with E-state index >= 15 is 0 Å². The van der Waals surface area contributed by atoms with Crippen molar-refractivity contribution in [3.63, 3.8) is 0 Å². The number of hydrogen-bond donors (Lipinski definition) is 0. The molecule has 0 aromatic carbocycles. The molecular weight excluding hydrogens is 190 g/mol. The molecule has 0 rings (SSSR count). The Kier molecular flexibility index (Phi) is 20.4. The van der Waals surface area contributed by atoms with Crippen LogP contribution in [0.4, 0.5) is 0 Å². The third kappa shape index (κ3) is 15.0. The molecule has 0 N–H and O–H groups in total. The first-order chi connectivity index (χ1) is 1.41. The van der Waals surface area contributed by atoms with Gasteiger partial charge in [-0.05, 0) is 0 Å². The van der Waals surface area contributed by atoms with Crippen molar-refractivity contribution in [3.8, 4) is 4.97 Å². The van der Waals surface area contributed by atoms with Gasteiger partial charge >= 0.3 is 26.2 Å². The van der Waals surface area contributed by atoms with Gasteiger partial charge in [-0.25, -0.2) is 0 Å². The van der Waals surface area contributed by atoms with Crippen LogP contribution in [0.2, 0.25) is 0 Å². The van der Waals surface area contributed by atoms with E-state index in [1.54, 1.807) is 0 Å². The van der Waals surface area contributed by atoms with Gasteiger partial charge in [0.05, 0.1) is 0 Å². The van der Waals surface area contributed by atoms with Crippen molar-refractivity contribution in [3.05, 3.63) is 0 Å². The van der Waals surface area contributed by atoms with Crippen molar-refractivity contribution in [2.45, 2.75) is 0 Å². The van der Waals surface area contributed by atoms with E-state index in [9.17, 15) is 0 Å². The van der Waals surface area contributed by atoms with Crippen LogP contribution in [-0.2, 0) is 38.4 Å². The number of nitriles is 1. The standard InChI is InChI=1S/CN.Ag.Fe/c1-2;;. The minimum absolute atomic E-state index is 0. The summed E-state index contributed by atoms with van der Waals surface area (Å²) in [5, 5.41) is 7.21. The zero-order valence-corrected chi connectivity index (χ0v) is 4.19. The monoisotopic (exact) mass is 189 g/mol. The molecule has 0 unspecified atom stereocenters. The van der Waals surface area contributed by atoms with Crippen molar-refractivity contribution >= 4 is 0 Å². The molecule has 0 aromatic rings. The van der Waals surface area contributed by atoms with E-state index < -0.39 is 0 Å². The maximum Gasteiger partial charge on any atom is 0 e. The molecule has 0 saturated carbocycles. The van der Waals surface area contributed by atoms with Crippen molar-refractivity contribution in [1.82, 2.24) is 0 Å². The molecule has 3 heteroatoms. The summed E-state index contributed by atoms with van der Waals surface area (Å²) in [5.74, 6) is 0. The van der Waals surface area contributed by atoms with E-state index in [-0.39, 0.29) is 22.4 Å². The predicted octanol–water partition coefficient (Wildman–Crippen LogP) is 0.0118. The number of rotatable bonds is 0. The first-order valence-electron chi connectivity index (χ1n) is 0.400. The van der Waals surface area contributed by atoms with Gasteiger partial charge in [-0.1, -0.05) is 0 Å². The third-order valence-corrected chi connectivity index (χ3v) is 0. The minimum Gasteiger partial charge on any atom is 0 e. The summed E-state index contributed by atoms with van der Waals surface area (Å²) in [7, 11) is 0. The first kappa shape index (κ1) is 8.83. The molecule has 1 nitrogen and oxygen atoms in total. The fourth-order valence-corrected chi connectivity index (χ4v) is 0. The number of nitrogens with zero attached hydrogens (tertiary/aromatic N) is 1. The molecule has 0 aliphatic rings. The first-order valence-corrected chi connectivity index (χ1v) is 0.952. The maximum absolute atomic E-state index is 7.21. The van der Waals surface area contributed by atoms with Crippen LogP contribution in [0, 0.1) is 10.2 Å². The quantitative estimate of drug-likeness (QED) is 0.493. The second-order valence-electron chi connectivity index (χ2n) is 0.0791. The Morgan fingerprint density at radius 1 is 1.75 bits per heavy atom. The van der Waals surface area contributed by atoms with E-state index in [0.29, 0.717) is 0 Å².